The molecule has 3 aromatic rings. The molecule has 0 saturated heterocycles. The first-order valence-electron chi connectivity index (χ1n) is 9.22. The van der Waals surface area contributed by atoms with Crippen molar-refractivity contribution in [3.63, 3.8) is 0 Å². The number of nitrogens with zero attached hydrogens (tertiary/aromatic N) is 1. The first-order valence-corrected chi connectivity index (χ1v) is 10.0. The van der Waals surface area contributed by atoms with Crippen LogP contribution >= 0.6 is 11.3 Å². The van der Waals surface area contributed by atoms with Gasteiger partial charge >= 0.3 is 11.9 Å². The molecule has 140 valence electrons. The largest absolute Gasteiger partial charge is 0.480 e. The second-order valence-corrected chi connectivity index (χ2v) is 8.13. The van der Waals surface area contributed by atoms with Gasteiger partial charge in [0, 0.05) is 0 Å². The molecule has 2 heterocycles. The molecule has 0 unspecified atom stereocenters. The number of aliphatic carboxylic acids is 1. The van der Waals surface area contributed by atoms with Crippen molar-refractivity contribution >= 4 is 33.5 Å². The van der Waals surface area contributed by atoms with Crippen LogP contribution in [0, 0.1) is 0 Å². The predicted octanol–water partition coefficient (Wildman–Crippen LogP) is 5.20. The van der Waals surface area contributed by atoms with Crippen LogP contribution in [-0.4, -0.2) is 26.7 Å². The highest BCUT2D eigenvalue weighted by Gasteiger charge is 2.29. The van der Waals surface area contributed by atoms with E-state index in [9.17, 15) is 19.8 Å². The fraction of sp³-hybridized carbons (Fsp3) is 0.333. The average molecular weight is 383 g/mol. The number of aromatic nitrogens is 1. The van der Waals surface area contributed by atoms with Crippen molar-refractivity contribution in [2.24, 2.45) is 0 Å². The molecule has 0 amide bonds. The molecule has 2 N–H and O–H groups in total. The first-order chi connectivity index (χ1) is 13.1. The van der Waals surface area contributed by atoms with Gasteiger partial charge in [0.2, 0.25) is 0 Å². The molecule has 6 heteroatoms. The third kappa shape index (κ3) is 3.25. The molecule has 0 spiro atoms. The number of rotatable bonds is 5. The molecule has 0 bridgehead atoms. The van der Waals surface area contributed by atoms with Gasteiger partial charge in [-0.15, -0.1) is 11.3 Å². The summed E-state index contributed by atoms with van der Waals surface area (Å²) in [6.07, 6.45) is 5.66. The van der Waals surface area contributed by atoms with E-state index < -0.39 is 11.9 Å². The van der Waals surface area contributed by atoms with E-state index in [4.69, 9.17) is 0 Å². The highest BCUT2D eigenvalue weighted by atomic mass is 32.1. The summed E-state index contributed by atoms with van der Waals surface area (Å²) in [6, 6.07) is 11.5. The molecule has 0 aliphatic heterocycles. The molecule has 1 aliphatic carbocycles. The zero-order valence-electron chi connectivity index (χ0n) is 14.9. The fourth-order valence-corrected chi connectivity index (χ4v) is 5.36. The normalized spacial score (nSPS) is 15.3. The minimum absolute atomic E-state index is 0.177. The van der Waals surface area contributed by atoms with Gasteiger partial charge in [-0.2, -0.15) is 0 Å². The fourth-order valence-electron chi connectivity index (χ4n) is 4.23. The topological polar surface area (TPSA) is 79.5 Å². The van der Waals surface area contributed by atoms with Crippen molar-refractivity contribution in [1.29, 1.82) is 0 Å². The SMILES string of the molecule is O=C(O)Cn1c(-c2ccccc2)c(C2CCCCC2)c2sc(C(=O)O)cc21. The van der Waals surface area contributed by atoms with Gasteiger partial charge in [-0.25, -0.2) is 4.79 Å². The van der Waals surface area contributed by atoms with Crippen LogP contribution in [0.2, 0.25) is 0 Å². The summed E-state index contributed by atoms with van der Waals surface area (Å²) < 4.78 is 2.72. The van der Waals surface area contributed by atoms with Crippen LogP contribution in [0.3, 0.4) is 0 Å². The van der Waals surface area contributed by atoms with Crippen molar-refractivity contribution in [2.75, 3.05) is 0 Å². The van der Waals surface area contributed by atoms with E-state index in [0.29, 0.717) is 5.92 Å². The predicted molar refractivity (Wildman–Crippen MR) is 106 cm³/mol. The summed E-state index contributed by atoms with van der Waals surface area (Å²) in [4.78, 5) is 23.4. The van der Waals surface area contributed by atoms with E-state index in [1.807, 2.05) is 30.3 Å². The number of thiophene rings is 1. The van der Waals surface area contributed by atoms with Gasteiger partial charge < -0.3 is 14.8 Å². The number of fused-ring (bicyclic) bond motifs is 1. The molecular formula is C21H21NO4S. The second-order valence-electron chi connectivity index (χ2n) is 7.07. The van der Waals surface area contributed by atoms with E-state index in [1.165, 1.54) is 17.8 Å². The number of carbonyl (C=O) groups is 2. The summed E-state index contributed by atoms with van der Waals surface area (Å²) in [5.41, 5.74) is 3.77. The molecule has 1 saturated carbocycles. The summed E-state index contributed by atoms with van der Waals surface area (Å²) in [6.45, 7) is -0.177. The Hall–Kier alpha value is -2.60. The van der Waals surface area contributed by atoms with Crippen LogP contribution in [0.5, 0.6) is 0 Å². The number of aromatic carboxylic acids is 1. The Bertz CT molecular complexity index is 996. The maximum absolute atomic E-state index is 11.6. The molecule has 0 radical (unpaired) electrons. The minimum Gasteiger partial charge on any atom is -0.480 e. The molecule has 4 rings (SSSR count). The van der Waals surface area contributed by atoms with Crippen molar-refractivity contribution in [3.8, 4) is 11.3 Å². The van der Waals surface area contributed by atoms with E-state index in [0.717, 1.165) is 52.7 Å². The third-order valence-corrected chi connectivity index (χ3v) is 6.48. The van der Waals surface area contributed by atoms with Gasteiger partial charge in [0.1, 0.15) is 11.4 Å². The molecule has 1 aromatic carbocycles. The number of hydrogen-bond acceptors (Lipinski definition) is 3. The van der Waals surface area contributed by atoms with Gasteiger partial charge in [0.05, 0.1) is 15.9 Å². The third-order valence-electron chi connectivity index (χ3n) is 5.34. The van der Waals surface area contributed by atoms with Crippen molar-refractivity contribution in [1.82, 2.24) is 4.57 Å². The van der Waals surface area contributed by atoms with Crippen LogP contribution in [0.15, 0.2) is 36.4 Å². The molecule has 5 nitrogen and oxygen atoms in total. The number of benzene rings is 1. The Morgan fingerprint density at radius 2 is 1.78 bits per heavy atom. The summed E-state index contributed by atoms with van der Waals surface area (Å²) >= 11 is 1.27. The lowest BCUT2D eigenvalue weighted by Crippen LogP contribution is -2.11. The Kier molecular flexibility index (Phi) is 4.74. The van der Waals surface area contributed by atoms with Gasteiger partial charge in [-0.05, 0) is 36.0 Å². The second kappa shape index (κ2) is 7.19. The molecule has 1 aliphatic rings. The molecule has 0 atom stereocenters. The van der Waals surface area contributed by atoms with Gasteiger partial charge in [-0.3, -0.25) is 4.79 Å². The Morgan fingerprint density at radius 3 is 2.41 bits per heavy atom. The van der Waals surface area contributed by atoms with E-state index in [2.05, 4.69) is 0 Å². The van der Waals surface area contributed by atoms with Crippen LogP contribution in [-0.2, 0) is 11.3 Å². The number of hydrogen-bond donors (Lipinski definition) is 2. The summed E-state index contributed by atoms with van der Waals surface area (Å²) in [7, 11) is 0. The van der Waals surface area contributed by atoms with Crippen molar-refractivity contribution < 1.29 is 19.8 Å². The lowest BCUT2D eigenvalue weighted by atomic mass is 9.83. The molecule has 1 fully saturated rings. The molecule has 27 heavy (non-hydrogen) atoms. The van der Waals surface area contributed by atoms with Crippen LogP contribution in [0.4, 0.5) is 0 Å². The lowest BCUT2D eigenvalue weighted by molar-refractivity contribution is -0.137. The average Bonchev–Trinajstić information content (AvgIpc) is 3.21. The lowest BCUT2D eigenvalue weighted by Gasteiger charge is -2.23. The van der Waals surface area contributed by atoms with Crippen LogP contribution in [0.25, 0.3) is 21.5 Å². The van der Waals surface area contributed by atoms with Crippen molar-refractivity contribution in [2.45, 2.75) is 44.6 Å². The molecular weight excluding hydrogens is 362 g/mol. The van der Waals surface area contributed by atoms with E-state index in [-0.39, 0.29) is 11.4 Å². The van der Waals surface area contributed by atoms with Gasteiger partial charge in [-0.1, -0.05) is 49.6 Å². The zero-order valence-corrected chi connectivity index (χ0v) is 15.7. The standard InChI is InChI=1S/C21H21NO4S/c23-17(24)12-22-15-11-16(21(25)26)27-20(15)18(13-7-3-1-4-8-13)19(22)14-9-5-2-6-10-14/h2,5-6,9-11,13H,1,3-4,7-8,12H2,(H,23,24)(H,25,26). The smallest absolute Gasteiger partial charge is 0.345 e. The quantitative estimate of drug-likeness (QED) is 0.635. The zero-order chi connectivity index (χ0) is 19.0. The number of carboxylic acid groups (broad SMARTS) is 2. The van der Waals surface area contributed by atoms with Gasteiger partial charge in [0.25, 0.3) is 0 Å². The molecule has 2 aromatic heterocycles. The summed E-state index contributed by atoms with van der Waals surface area (Å²) in [5.74, 6) is -1.55. The Labute approximate surface area is 160 Å². The van der Waals surface area contributed by atoms with Crippen LogP contribution in [0.1, 0.15) is 53.3 Å². The Morgan fingerprint density at radius 1 is 1.07 bits per heavy atom. The maximum Gasteiger partial charge on any atom is 0.345 e. The van der Waals surface area contributed by atoms with Crippen molar-refractivity contribution in [3.05, 3.63) is 46.8 Å². The van der Waals surface area contributed by atoms with Crippen LogP contribution < -0.4 is 0 Å². The monoisotopic (exact) mass is 383 g/mol. The first kappa shape index (κ1) is 17.8. The Balaban J connectivity index is 2.02. The van der Waals surface area contributed by atoms with Gasteiger partial charge in [0.15, 0.2) is 0 Å². The highest BCUT2D eigenvalue weighted by Crippen LogP contribution is 2.46. The minimum atomic E-state index is -0.964. The number of carboxylic acids is 2. The maximum atomic E-state index is 11.6. The summed E-state index contributed by atoms with van der Waals surface area (Å²) in [5, 5.41) is 18.9. The highest BCUT2D eigenvalue weighted by molar-refractivity contribution is 7.21. The van der Waals surface area contributed by atoms with E-state index >= 15 is 0 Å². The van der Waals surface area contributed by atoms with E-state index in [1.54, 1.807) is 10.6 Å².